The van der Waals surface area contributed by atoms with Crippen molar-refractivity contribution in [3.05, 3.63) is 0 Å². The standard InChI is InChI=1S/C10H20O6/c1-9(13-3)10(2,14-4)16-8(6-12)7(5-11)15-9/h7-8,11-12H,5-6H2,1-4H3/t7-,8-,9+,10?/m1/s1. The van der Waals surface area contributed by atoms with E-state index < -0.39 is 23.8 Å². The molecule has 6 nitrogen and oxygen atoms in total. The Balaban J connectivity index is 2.94. The van der Waals surface area contributed by atoms with Crippen LogP contribution in [0.25, 0.3) is 0 Å². The zero-order valence-corrected chi connectivity index (χ0v) is 10.1. The van der Waals surface area contributed by atoms with E-state index in [9.17, 15) is 0 Å². The number of aliphatic hydroxyl groups is 2. The lowest BCUT2D eigenvalue weighted by molar-refractivity contribution is -0.451. The van der Waals surface area contributed by atoms with Crippen molar-refractivity contribution in [3.8, 4) is 0 Å². The summed E-state index contributed by atoms with van der Waals surface area (Å²) in [6.45, 7) is 2.80. The molecule has 0 spiro atoms. The molecule has 1 rings (SSSR count). The third-order valence-electron chi connectivity index (χ3n) is 3.13. The molecule has 4 atom stereocenters. The van der Waals surface area contributed by atoms with Crippen LogP contribution < -0.4 is 0 Å². The molecule has 1 aliphatic rings. The van der Waals surface area contributed by atoms with Crippen molar-refractivity contribution in [2.45, 2.75) is 37.6 Å². The first kappa shape index (κ1) is 13.8. The van der Waals surface area contributed by atoms with E-state index in [-0.39, 0.29) is 13.2 Å². The van der Waals surface area contributed by atoms with Gasteiger partial charge in [-0.1, -0.05) is 0 Å². The molecule has 6 heteroatoms. The van der Waals surface area contributed by atoms with Crippen LogP contribution in [0, 0.1) is 0 Å². The van der Waals surface area contributed by atoms with Crippen molar-refractivity contribution in [1.29, 1.82) is 0 Å². The van der Waals surface area contributed by atoms with Crippen molar-refractivity contribution in [2.75, 3.05) is 27.4 Å². The van der Waals surface area contributed by atoms with E-state index in [0.29, 0.717) is 0 Å². The highest BCUT2D eigenvalue weighted by Gasteiger charge is 2.56. The van der Waals surface area contributed by atoms with Crippen LogP contribution in [0.2, 0.25) is 0 Å². The maximum Gasteiger partial charge on any atom is 0.220 e. The maximum absolute atomic E-state index is 9.15. The van der Waals surface area contributed by atoms with Crippen molar-refractivity contribution in [1.82, 2.24) is 0 Å². The Morgan fingerprint density at radius 2 is 1.25 bits per heavy atom. The van der Waals surface area contributed by atoms with E-state index in [1.807, 2.05) is 0 Å². The van der Waals surface area contributed by atoms with Gasteiger partial charge in [0, 0.05) is 14.2 Å². The lowest BCUT2D eigenvalue weighted by atomic mass is 10.0. The topological polar surface area (TPSA) is 77.4 Å². The number of hydrogen-bond donors (Lipinski definition) is 2. The Hall–Kier alpha value is -0.240. The lowest BCUT2D eigenvalue weighted by Crippen LogP contribution is -2.66. The van der Waals surface area contributed by atoms with E-state index in [4.69, 9.17) is 29.2 Å². The molecule has 0 aromatic carbocycles. The molecular weight excluding hydrogens is 216 g/mol. The summed E-state index contributed by atoms with van der Waals surface area (Å²) >= 11 is 0. The maximum atomic E-state index is 9.15. The van der Waals surface area contributed by atoms with Gasteiger partial charge in [0.15, 0.2) is 0 Å². The Kier molecular flexibility index (Phi) is 4.28. The van der Waals surface area contributed by atoms with Crippen LogP contribution >= 0.6 is 0 Å². The zero-order chi connectivity index (χ0) is 12.4. The third-order valence-corrected chi connectivity index (χ3v) is 3.13. The molecule has 2 N–H and O–H groups in total. The smallest absolute Gasteiger partial charge is 0.220 e. The molecule has 0 amide bonds. The van der Waals surface area contributed by atoms with Crippen LogP contribution in [0.15, 0.2) is 0 Å². The van der Waals surface area contributed by atoms with Crippen LogP contribution in [0.3, 0.4) is 0 Å². The molecule has 1 saturated heterocycles. The second kappa shape index (κ2) is 4.95. The summed E-state index contributed by atoms with van der Waals surface area (Å²) in [7, 11) is 2.93. The largest absolute Gasteiger partial charge is 0.394 e. The van der Waals surface area contributed by atoms with Crippen molar-refractivity contribution in [3.63, 3.8) is 0 Å². The first-order valence-corrected chi connectivity index (χ1v) is 5.14. The second-order valence-electron chi connectivity index (χ2n) is 3.98. The summed E-state index contributed by atoms with van der Waals surface area (Å²) in [5.41, 5.74) is 0. The van der Waals surface area contributed by atoms with Gasteiger partial charge in [0.05, 0.1) is 13.2 Å². The SMILES string of the molecule is COC1(C)O[C@H](CO)[C@@H](CO)O[C@]1(C)OC. The summed E-state index contributed by atoms with van der Waals surface area (Å²) in [5, 5.41) is 18.3. The van der Waals surface area contributed by atoms with E-state index in [1.165, 1.54) is 14.2 Å². The molecule has 1 unspecified atom stereocenters. The zero-order valence-electron chi connectivity index (χ0n) is 10.1. The van der Waals surface area contributed by atoms with Crippen molar-refractivity contribution in [2.24, 2.45) is 0 Å². The normalized spacial score (nSPS) is 44.6. The first-order valence-electron chi connectivity index (χ1n) is 5.14. The molecule has 0 aliphatic carbocycles. The quantitative estimate of drug-likeness (QED) is 0.684. The van der Waals surface area contributed by atoms with Crippen LogP contribution in [-0.2, 0) is 18.9 Å². The fraction of sp³-hybridized carbons (Fsp3) is 1.00. The van der Waals surface area contributed by atoms with Crippen LogP contribution in [0.1, 0.15) is 13.8 Å². The lowest BCUT2D eigenvalue weighted by Gasteiger charge is -2.51. The van der Waals surface area contributed by atoms with Gasteiger partial charge >= 0.3 is 0 Å². The summed E-state index contributed by atoms with van der Waals surface area (Å²) in [6.07, 6.45) is -1.28. The number of methoxy groups -OCH3 is 2. The van der Waals surface area contributed by atoms with Gasteiger partial charge in [0.2, 0.25) is 11.6 Å². The van der Waals surface area contributed by atoms with Gasteiger partial charge in [-0.15, -0.1) is 0 Å². The van der Waals surface area contributed by atoms with E-state index >= 15 is 0 Å². The molecule has 1 fully saturated rings. The summed E-state index contributed by atoms with van der Waals surface area (Å²) in [4.78, 5) is 0. The monoisotopic (exact) mass is 236 g/mol. The molecule has 0 aromatic heterocycles. The molecule has 0 saturated carbocycles. The van der Waals surface area contributed by atoms with E-state index in [1.54, 1.807) is 13.8 Å². The molecule has 16 heavy (non-hydrogen) atoms. The van der Waals surface area contributed by atoms with Crippen LogP contribution in [0.5, 0.6) is 0 Å². The first-order chi connectivity index (χ1) is 7.46. The minimum absolute atomic E-state index is 0.260. The van der Waals surface area contributed by atoms with Gasteiger partial charge in [-0.2, -0.15) is 0 Å². The highest BCUT2D eigenvalue weighted by atomic mass is 16.8. The number of hydrogen-bond acceptors (Lipinski definition) is 6. The van der Waals surface area contributed by atoms with Crippen LogP contribution in [-0.4, -0.2) is 61.4 Å². The molecule has 96 valence electrons. The Morgan fingerprint density at radius 3 is 1.44 bits per heavy atom. The summed E-state index contributed by atoms with van der Waals surface area (Å²) in [5.74, 6) is -2.28. The van der Waals surface area contributed by atoms with Crippen molar-refractivity contribution >= 4 is 0 Å². The number of aliphatic hydroxyl groups excluding tert-OH is 2. The number of rotatable bonds is 4. The van der Waals surface area contributed by atoms with Gasteiger partial charge in [-0.25, -0.2) is 0 Å². The highest BCUT2D eigenvalue weighted by Crippen LogP contribution is 2.38. The van der Waals surface area contributed by atoms with E-state index in [0.717, 1.165) is 0 Å². The second-order valence-corrected chi connectivity index (χ2v) is 3.98. The fourth-order valence-corrected chi connectivity index (χ4v) is 1.72. The molecule has 0 aromatic rings. The third kappa shape index (κ3) is 2.09. The van der Waals surface area contributed by atoms with Gasteiger partial charge in [-0.3, -0.25) is 0 Å². The van der Waals surface area contributed by atoms with Gasteiger partial charge < -0.3 is 29.2 Å². The summed E-state index contributed by atoms with van der Waals surface area (Å²) < 4.78 is 21.7. The predicted molar refractivity (Wildman–Crippen MR) is 54.7 cm³/mol. The molecule has 0 radical (unpaired) electrons. The predicted octanol–water partition coefficient (Wildman–Crippen LogP) is -0.520. The van der Waals surface area contributed by atoms with Gasteiger partial charge in [-0.05, 0) is 13.8 Å². The van der Waals surface area contributed by atoms with Gasteiger partial charge in [0.25, 0.3) is 0 Å². The Morgan fingerprint density at radius 1 is 0.938 bits per heavy atom. The highest BCUT2D eigenvalue weighted by molar-refractivity contribution is 4.90. The average molecular weight is 236 g/mol. The number of ether oxygens (including phenoxy) is 4. The molecule has 1 aliphatic heterocycles. The van der Waals surface area contributed by atoms with Crippen LogP contribution in [0.4, 0.5) is 0 Å². The molecule has 0 bridgehead atoms. The minimum atomic E-state index is -1.14. The minimum Gasteiger partial charge on any atom is -0.394 e. The van der Waals surface area contributed by atoms with Gasteiger partial charge in [0.1, 0.15) is 12.2 Å². The molecular formula is C10H20O6. The van der Waals surface area contributed by atoms with Crippen molar-refractivity contribution < 1.29 is 29.2 Å². The average Bonchev–Trinajstić information content (AvgIpc) is 2.31. The Labute approximate surface area is 95.1 Å². The summed E-state index contributed by atoms with van der Waals surface area (Å²) in [6, 6.07) is 0. The fourth-order valence-electron chi connectivity index (χ4n) is 1.72. The Bertz CT molecular complexity index is 211. The molecule has 1 heterocycles. The van der Waals surface area contributed by atoms with E-state index in [2.05, 4.69) is 0 Å².